The van der Waals surface area contributed by atoms with Crippen molar-refractivity contribution >= 4 is 40.1 Å². The number of hydrogen-bond donors (Lipinski definition) is 1. The van der Waals surface area contributed by atoms with Crippen molar-refractivity contribution in [3.05, 3.63) is 33.2 Å². The third kappa shape index (κ3) is 4.99. The minimum Gasteiger partial charge on any atom is -0.466 e. The van der Waals surface area contributed by atoms with Crippen molar-refractivity contribution < 1.29 is 14.3 Å². The number of anilines is 1. The van der Waals surface area contributed by atoms with Gasteiger partial charge in [0.2, 0.25) is 5.91 Å². The number of amides is 1. The third-order valence-corrected chi connectivity index (χ3v) is 6.00. The van der Waals surface area contributed by atoms with Gasteiger partial charge in [-0.15, -0.1) is 11.3 Å². The van der Waals surface area contributed by atoms with E-state index in [1.807, 2.05) is 6.92 Å². The van der Waals surface area contributed by atoms with Crippen LogP contribution in [0, 0.1) is 0 Å². The fourth-order valence-corrected chi connectivity index (χ4v) is 4.82. The summed E-state index contributed by atoms with van der Waals surface area (Å²) in [5.41, 5.74) is 1.25. The van der Waals surface area contributed by atoms with Crippen LogP contribution in [0.4, 0.5) is 5.13 Å². The molecule has 1 N–H and O–H groups in total. The van der Waals surface area contributed by atoms with E-state index in [4.69, 9.17) is 4.74 Å². The number of nitrogens with one attached hydrogen (secondary N) is 1. The van der Waals surface area contributed by atoms with E-state index >= 15 is 0 Å². The van der Waals surface area contributed by atoms with E-state index in [9.17, 15) is 14.4 Å². The van der Waals surface area contributed by atoms with Crippen LogP contribution >= 0.6 is 23.1 Å². The number of ether oxygens (including phenoxy) is 1. The Morgan fingerprint density at radius 2 is 2.14 bits per heavy atom. The molecule has 0 fully saturated rings. The first-order valence-corrected chi connectivity index (χ1v) is 11.0. The van der Waals surface area contributed by atoms with E-state index in [2.05, 4.69) is 15.3 Å². The Labute approximate surface area is 170 Å². The number of aromatic nitrogens is 3. The molecule has 0 radical (unpaired) electrons. The number of fused-ring (bicyclic) bond motifs is 1. The number of thiazole rings is 1. The van der Waals surface area contributed by atoms with Crippen LogP contribution in [0.5, 0.6) is 0 Å². The number of aryl methyl sites for hydroxylation is 1. The van der Waals surface area contributed by atoms with E-state index in [1.54, 1.807) is 22.9 Å². The van der Waals surface area contributed by atoms with Gasteiger partial charge in [0.05, 0.1) is 24.8 Å². The van der Waals surface area contributed by atoms with Crippen LogP contribution in [0.2, 0.25) is 0 Å². The highest BCUT2D eigenvalue weighted by Crippen LogP contribution is 2.32. The first kappa shape index (κ1) is 20.5. The second-order valence-corrected chi connectivity index (χ2v) is 8.18. The molecular weight excluding hydrogens is 400 g/mol. The van der Waals surface area contributed by atoms with Gasteiger partial charge in [0.1, 0.15) is 0 Å². The topological polar surface area (TPSA) is 103 Å². The molecule has 1 amide bonds. The van der Waals surface area contributed by atoms with E-state index in [1.165, 1.54) is 23.1 Å². The molecule has 0 saturated heterocycles. The first-order valence-electron chi connectivity index (χ1n) is 9.15. The number of esters is 1. The summed E-state index contributed by atoms with van der Waals surface area (Å²) < 4.78 is 6.50. The average Bonchev–Trinajstić information content (AvgIpc) is 3.22. The Balaban J connectivity index is 1.61. The van der Waals surface area contributed by atoms with Gasteiger partial charge >= 0.3 is 5.97 Å². The van der Waals surface area contributed by atoms with Crippen molar-refractivity contribution in [3.8, 4) is 0 Å². The molecule has 1 unspecified atom stereocenters. The fourth-order valence-electron chi connectivity index (χ4n) is 2.92. The number of carbonyl (C=O) groups excluding carboxylic acids is 2. The van der Waals surface area contributed by atoms with Crippen molar-refractivity contribution in [3.63, 3.8) is 0 Å². The molecule has 0 spiro atoms. The quantitative estimate of drug-likeness (QED) is 0.515. The van der Waals surface area contributed by atoms with Crippen molar-refractivity contribution in [2.75, 3.05) is 17.7 Å². The van der Waals surface area contributed by atoms with Gasteiger partial charge < -0.3 is 10.1 Å². The lowest BCUT2D eigenvalue weighted by Gasteiger charge is -2.13. The maximum Gasteiger partial charge on any atom is 0.311 e. The van der Waals surface area contributed by atoms with E-state index < -0.39 is 0 Å². The van der Waals surface area contributed by atoms with Crippen LogP contribution in [0.3, 0.4) is 0 Å². The lowest BCUT2D eigenvalue weighted by molar-refractivity contribution is -0.142. The maximum atomic E-state index is 12.4. The Morgan fingerprint density at radius 3 is 2.89 bits per heavy atom. The highest BCUT2D eigenvalue weighted by molar-refractivity contribution is 7.99. The molecule has 2 aromatic rings. The molecule has 1 atom stereocenters. The average molecular weight is 423 g/mol. The number of hydrogen-bond acceptors (Lipinski definition) is 8. The highest BCUT2D eigenvalue weighted by atomic mass is 32.2. The largest absolute Gasteiger partial charge is 0.466 e. The number of thioether (sulfide) groups is 1. The number of carbonyl (C=O) groups is 2. The Hall–Kier alpha value is -2.20. The van der Waals surface area contributed by atoms with Gasteiger partial charge in [-0.05, 0) is 13.3 Å². The molecule has 2 aromatic heterocycles. The van der Waals surface area contributed by atoms with Gasteiger partial charge in [-0.3, -0.25) is 19.0 Å². The summed E-state index contributed by atoms with van der Waals surface area (Å²) in [4.78, 5) is 45.1. The van der Waals surface area contributed by atoms with Crippen LogP contribution in [-0.4, -0.2) is 38.8 Å². The zero-order valence-electron chi connectivity index (χ0n) is 15.8. The summed E-state index contributed by atoms with van der Waals surface area (Å²) >= 11 is 2.76. The van der Waals surface area contributed by atoms with Gasteiger partial charge in [-0.25, -0.2) is 9.97 Å². The molecule has 1 aliphatic heterocycles. The summed E-state index contributed by atoms with van der Waals surface area (Å²) in [7, 11) is 0. The molecular formula is C18H22N4O4S2. The summed E-state index contributed by atoms with van der Waals surface area (Å²) in [6.45, 7) is 4.11. The molecule has 3 heterocycles. The minimum absolute atomic E-state index is 0.0774. The van der Waals surface area contributed by atoms with Gasteiger partial charge in [-0.1, -0.05) is 25.1 Å². The van der Waals surface area contributed by atoms with E-state index in [0.717, 1.165) is 18.5 Å². The number of nitrogens with zero attached hydrogens (tertiary/aromatic N) is 3. The van der Waals surface area contributed by atoms with Crippen LogP contribution in [0.15, 0.2) is 21.4 Å². The van der Waals surface area contributed by atoms with Crippen molar-refractivity contribution in [2.24, 2.45) is 0 Å². The van der Waals surface area contributed by atoms with Crippen molar-refractivity contribution in [2.45, 2.75) is 50.7 Å². The van der Waals surface area contributed by atoms with Gasteiger partial charge in [0, 0.05) is 29.3 Å². The van der Waals surface area contributed by atoms with Crippen LogP contribution in [0.1, 0.15) is 44.1 Å². The summed E-state index contributed by atoms with van der Waals surface area (Å²) in [6.07, 6.45) is 1.95. The zero-order valence-corrected chi connectivity index (χ0v) is 17.4. The van der Waals surface area contributed by atoms with E-state index in [0.29, 0.717) is 28.3 Å². The summed E-state index contributed by atoms with van der Waals surface area (Å²) in [5.74, 6) is 0.0663. The maximum absolute atomic E-state index is 12.4. The van der Waals surface area contributed by atoms with Crippen molar-refractivity contribution in [1.29, 1.82) is 0 Å². The minimum atomic E-state index is -0.348. The van der Waals surface area contributed by atoms with Crippen LogP contribution in [-0.2, 0) is 27.2 Å². The van der Waals surface area contributed by atoms with Gasteiger partial charge in [-0.2, -0.15) is 0 Å². The smallest absolute Gasteiger partial charge is 0.311 e. The SMILES string of the molecule is CCCc1cc(=O)n2c(n1)SCC2CC(=O)Nc1nc(CC(=O)OCC)cs1. The molecule has 150 valence electrons. The molecule has 1 aliphatic rings. The zero-order chi connectivity index (χ0) is 20.1. The van der Waals surface area contributed by atoms with E-state index in [-0.39, 0.29) is 36.3 Å². The number of rotatable bonds is 8. The molecule has 10 heteroatoms. The van der Waals surface area contributed by atoms with Crippen LogP contribution in [0.25, 0.3) is 0 Å². The Bertz CT molecular complexity index is 925. The predicted molar refractivity (Wildman–Crippen MR) is 108 cm³/mol. The molecule has 0 saturated carbocycles. The fraction of sp³-hybridized carbons (Fsp3) is 0.500. The first-order chi connectivity index (χ1) is 13.5. The van der Waals surface area contributed by atoms with Crippen LogP contribution < -0.4 is 10.9 Å². The predicted octanol–water partition coefficient (Wildman–Crippen LogP) is 2.43. The molecule has 3 rings (SSSR count). The van der Waals surface area contributed by atoms with Gasteiger partial charge in [0.25, 0.3) is 5.56 Å². The lowest BCUT2D eigenvalue weighted by Crippen LogP contribution is -2.27. The monoisotopic (exact) mass is 422 g/mol. The van der Waals surface area contributed by atoms with Gasteiger partial charge in [0.15, 0.2) is 10.3 Å². The molecule has 0 aromatic carbocycles. The highest BCUT2D eigenvalue weighted by Gasteiger charge is 2.28. The summed E-state index contributed by atoms with van der Waals surface area (Å²) in [5, 5.41) is 5.58. The molecule has 8 nitrogen and oxygen atoms in total. The second kappa shape index (κ2) is 9.33. The molecule has 0 bridgehead atoms. The lowest BCUT2D eigenvalue weighted by atomic mass is 10.2. The third-order valence-electron chi connectivity index (χ3n) is 4.10. The summed E-state index contributed by atoms with van der Waals surface area (Å²) in [6, 6.07) is 1.33. The molecule has 28 heavy (non-hydrogen) atoms. The second-order valence-electron chi connectivity index (χ2n) is 6.33. The molecule has 0 aliphatic carbocycles. The standard InChI is InChI=1S/C18H22N4O4S2/c1-3-5-11-6-15(24)22-13(10-28-18(22)20-11)8-14(23)21-17-19-12(9-27-17)7-16(25)26-4-2/h6,9,13H,3-5,7-8,10H2,1-2H3,(H,19,21,23). The normalized spacial score (nSPS) is 15.3. The Kier molecular flexibility index (Phi) is 6.84. The van der Waals surface area contributed by atoms with Crippen molar-refractivity contribution in [1.82, 2.24) is 14.5 Å². The Morgan fingerprint density at radius 1 is 1.32 bits per heavy atom.